The number of carbonyl (C=O) groups is 2. The van der Waals surface area contributed by atoms with Crippen molar-refractivity contribution < 1.29 is 14.7 Å². The van der Waals surface area contributed by atoms with E-state index in [0.717, 1.165) is 6.42 Å². The molecule has 1 heterocycles. The van der Waals surface area contributed by atoms with Gasteiger partial charge in [-0.3, -0.25) is 9.78 Å². The smallest absolute Gasteiger partial charge is 0.337 e. The van der Waals surface area contributed by atoms with Crippen molar-refractivity contribution in [2.24, 2.45) is 0 Å². The maximum Gasteiger partial charge on any atom is 0.337 e. The molecule has 0 aromatic carbocycles. The number of aromatic carboxylic acids is 1. The lowest BCUT2D eigenvalue weighted by Crippen LogP contribution is -2.11. The van der Waals surface area contributed by atoms with Crippen LogP contribution in [0.3, 0.4) is 0 Å². The maximum atomic E-state index is 11.2. The van der Waals surface area contributed by atoms with Gasteiger partial charge in [-0.1, -0.05) is 6.92 Å². The zero-order valence-corrected chi connectivity index (χ0v) is 8.36. The minimum absolute atomic E-state index is 0.0595. The number of hydrogen-bond donors (Lipinski definition) is 2. The summed E-state index contributed by atoms with van der Waals surface area (Å²) in [5.74, 6) is -1.20. The molecule has 0 atom stereocenters. The van der Waals surface area contributed by atoms with E-state index in [1.54, 1.807) is 0 Å². The SMILES string of the molecule is CCCC(=O)Nc1cncc(C(=O)O)c1. The zero-order chi connectivity index (χ0) is 11.3. The number of anilines is 1. The highest BCUT2D eigenvalue weighted by atomic mass is 16.4. The standard InChI is InChI=1S/C10H12N2O3/c1-2-3-9(13)12-8-4-7(10(14)15)5-11-6-8/h4-6H,2-3H2,1H3,(H,12,13)(H,14,15). The number of nitrogens with one attached hydrogen (secondary N) is 1. The first kappa shape index (κ1) is 11.2. The molecule has 15 heavy (non-hydrogen) atoms. The summed E-state index contributed by atoms with van der Waals surface area (Å²) >= 11 is 0. The van der Waals surface area contributed by atoms with Crippen LogP contribution in [-0.2, 0) is 4.79 Å². The second-order valence-electron chi connectivity index (χ2n) is 3.07. The van der Waals surface area contributed by atoms with Gasteiger partial charge in [-0.05, 0) is 12.5 Å². The van der Waals surface area contributed by atoms with E-state index in [1.165, 1.54) is 18.5 Å². The van der Waals surface area contributed by atoms with Crippen LogP contribution in [0.2, 0.25) is 0 Å². The Kier molecular flexibility index (Phi) is 3.79. The van der Waals surface area contributed by atoms with Crippen molar-refractivity contribution >= 4 is 17.6 Å². The van der Waals surface area contributed by atoms with E-state index in [-0.39, 0.29) is 11.5 Å². The molecular weight excluding hydrogens is 196 g/mol. The lowest BCUT2D eigenvalue weighted by molar-refractivity contribution is -0.116. The van der Waals surface area contributed by atoms with Gasteiger partial charge in [-0.15, -0.1) is 0 Å². The Morgan fingerprint density at radius 1 is 1.47 bits per heavy atom. The minimum Gasteiger partial charge on any atom is -0.478 e. The Bertz CT molecular complexity index is 377. The van der Waals surface area contributed by atoms with Crippen LogP contribution in [-0.4, -0.2) is 22.0 Å². The molecule has 0 spiro atoms. The molecule has 0 saturated carbocycles. The Hall–Kier alpha value is -1.91. The molecule has 0 bridgehead atoms. The summed E-state index contributed by atoms with van der Waals surface area (Å²) in [5.41, 5.74) is 0.470. The number of carboxylic acids is 1. The molecule has 1 rings (SSSR count). The van der Waals surface area contributed by atoms with Crippen molar-refractivity contribution in [2.75, 3.05) is 5.32 Å². The molecule has 0 radical (unpaired) electrons. The summed E-state index contributed by atoms with van der Waals surface area (Å²) in [6.07, 6.45) is 3.81. The van der Waals surface area contributed by atoms with Crippen LogP contribution in [0.25, 0.3) is 0 Å². The highest BCUT2D eigenvalue weighted by molar-refractivity contribution is 5.93. The van der Waals surface area contributed by atoms with Crippen LogP contribution in [0.5, 0.6) is 0 Å². The van der Waals surface area contributed by atoms with Crippen LogP contribution in [0.1, 0.15) is 30.1 Å². The molecule has 5 heteroatoms. The van der Waals surface area contributed by atoms with Crippen molar-refractivity contribution in [2.45, 2.75) is 19.8 Å². The summed E-state index contributed by atoms with van der Waals surface area (Å²) < 4.78 is 0. The van der Waals surface area contributed by atoms with Crippen molar-refractivity contribution in [3.8, 4) is 0 Å². The maximum absolute atomic E-state index is 11.2. The Morgan fingerprint density at radius 2 is 2.20 bits per heavy atom. The molecule has 0 fully saturated rings. The monoisotopic (exact) mass is 208 g/mol. The topological polar surface area (TPSA) is 79.3 Å². The number of amides is 1. The van der Waals surface area contributed by atoms with Crippen LogP contribution >= 0.6 is 0 Å². The van der Waals surface area contributed by atoms with Gasteiger partial charge in [0.05, 0.1) is 17.4 Å². The fourth-order valence-electron chi connectivity index (χ4n) is 1.08. The number of carboxylic acid groups (broad SMARTS) is 1. The van der Waals surface area contributed by atoms with Gasteiger partial charge in [-0.25, -0.2) is 4.79 Å². The molecule has 1 aromatic heterocycles. The molecule has 5 nitrogen and oxygen atoms in total. The van der Waals surface area contributed by atoms with Crippen molar-refractivity contribution in [1.82, 2.24) is 4.98 Å². The van der Waals surface area contributed by atoms with E-state index in [0.29, 0.717) is 12.1 Å². The van der Waals surface area contributed by atoms with Gasteiger partial charge in [0.1, 0.15) is 0 Å². The quantitative estimate of drug-likeness (QED) is 0.786. The zero-order valence-electron chi connectivity index (χ0n) is 8.36. The lowest BCUT2D eigenvalue weighted by Gasteiger charge is -2.03. The first-order valence-electron chi connectivity index (χ1n) is 4.61. The molecular formula is C10H12N2O3. The number of carbonyl (C=O) groups excluding carboxylic acids is 1. The van der Waals surface area contributed by atoms with Gasteiger partial charge >= 0.3 is 5.97 Å². The third-order valence-electron chi connectivity index (χ3n) is 1.75. The van der Waals surface area contributed by atoms with Crippen molar-refractivity contribution in [1.29, 1.82) is 0 Å². The molecule has 0 aliphatic carbocycles. The first-order chi connectivity index (χ1) is 7.13. The largest absolute Gasteiger partial charge is 0.478 e. The normalized spacial score (nSPS) is 9.67. The van der Waals surface area contributed by atoms with Gasteiger partial charge in [0.15, 0.2) is 0 Å². The van der Waals surface area contributed by atoms with E-state index in [1.807, 2.05) is 6.92 Å². The van der Waals surface area contributed by atoms with E-state index in [9.17, 15) is 9.59 Å². The molecule has 0 saturated heterocycles. The van der Waals surface area contributed by atoms with Crippen LogP contribution in [0.15, 0.2) is 18.5 Å². The van der Waals surface area contributed by atoms with E-state index in [2.05, 4.69) is 10.3 Å². The lowest BCUT2D eigenvalue weighted by atomic mass is 10.2. The van der Waals surface area contributed by atoms with Crippen molar-refractivity contribution in [3.63, 3.8) is 0 Å². The van der Waals surface area contributed by atoms with Crippen LogP contribution in [0, 0.1) is 0 Å². The van der Waals surface area contributed by atoms with Crippen LogP contribution in [0.4, 0.5) is 5.69 Å². The molecule has 0 aliphatic heterocycles. The van der Waals surface area contributed by atoms with Gasteiger partial charge in [-0.2, -0.15) is 0 Å². The van der Waals surface area contributed by atoms with Gasteiger partial charge in [0.25, 0.3) is 0 Å². The average molecular weight is 208 g/mol. The Morgan fingerprint density at radius 3 is 2.80 bits per heavy atom. The van der Waals surface area contributed by atoms with Gasteiger partial charge in [0.2, 0.25) is 5.91 Å². The predicted octanol–water partition coefficient (Wildman–Crippen LogP) is 1.52. The van der Waals surface area contributed by atoms with E-state index < -0.39 is 5.97 Å². The fourth-order valence-corrected chi connectivity index (χ4v) is 1.08. The van der Waals surface area contributed by atoms with E-state index >= 15 is 0 Å². The Balaban J connectivity index is 2.73. The summed E-state index contributed by atoms with van der Waals surface area (Å²) in [6.45, 7) is 1.89. The minimum atomic E-state index is -1.06. The number of hydrogen-bond acceptors (Lipinski definition) is 3. The molecule has 1 amide bonds. The van der Waals surface area contributed by atoms with E-state index in [4.69, 9.17) is 5.11 Å². The predicted molar refractivity (Wildman–Crippen MR) is 54.7 cm³/mol. The fraction of sp³-hybridized carbons (Fsp3) is 0.300. The molecule has 80 valence electrons. The Labute approximate surface area is 87.1 Å². The number of nitrogens with zero attached hydrogens (tertiary/aromatic N) is 1. The van der Waals surface area contributed by atoms with Crippen molar-refractivity contribution in [3.05, 3.63) is 24.0 Å². The summed E-state index contributed by atoms with van der Waals surface area (Å²) in [5, 5.41) is 11.3. The number of aromatic nitrogens is 1. The summed E-state index contributed by atoms with van der Waals surface area (Å²) in [4.78, 5) is 25.5. The second kappa shape index (κ2) is 5.09. The van der Waals surface area contributed by atoms with Gasteiger partial charge in [0, 0.05) is 12.6 Å². The molecule has 0 aliphatic rings. The third-order valence-corrected chi connectivity index (χ3v) is 1.75. The summed E-state index contributed by atoms with van der Waals surface area (Å²) in [7, 11) is 0. The highest BCUT2D eigenvalue weighted by Crippen LogP contribution is 2.08. The molecule has 0 unspecified atom stereocenters. The summed E-state index contributed by atoms with van der Waals surface area (Å²) in [6, 6.07) is 1.38. The number of pyridine rings is 1. The number of rotatable bonds is 4. The highest BCUT2D eigenvalue weighted by Gasteiger charge is 2.06. The molecule has 2 N–H and O–H groups in total. The third kappa shape index (κ3) is 3.38. The van der Waals surface area contributed by atoms with Gasteiger partial charge < -0.3 is 10.4 Å². The van der Waals surface area contributed by atoms with Crippen LogP contribution < -0.4 is 5.32 Å². The molecule has 1 aromatic rings. The average Bonchev–Trinajstić information content (AvgIpc) is 2.18. The first-order valence-corrected chi connectivity index (χ1v) is 4.61. The second-order valence-corrected chi connectivity index (χ2v) is 3.07.